The van der Waals surface area contributed by atoms with E-state index in [-0.39, 0.29) is 11.7 Å². The number of benzene rings is 2. The lowest BCUT2D eigenvalue weighted by Crippen LogP contribution is -2.57. The molecule has 2 aliphatic rings. The summed E-state index contributed by atoms with van der Waals surface area (Å²) in [6.45, 7) is 1.23. The van der Waals surface area contributed by atoms with Gasteiger partial charge in [0.25, 0.3) is 0 Å². The topological polar surface area (TPSA) is 51.1 Å². The highest BCUT2D eigenvalue weighted by atomic mass is 35.5. The number of carbonyl (C=O) groups is 1. The summed E-state index contributed by atoms with van der Waals surface area (Å²) in [4.78, 5) is 21.1. The van der Waals surface area contributed by atoms with Crippen molar-refractivity contribution in [3.8, 4) is 5.75 Å². The number of ketones is 1. The Balaban J connectivity index is 1.81. The molecule has 0 amide bonds. The first-order valence-corrected chi connectivity index (χ1v) is 9.29. The zero-order valence-electron chi connectivity index (χ0n) is 15.3. The van der Waals surface area contributed by atoms with Crippen LogP contribution in [0.3, 0.4) is 0 Å². The molecule has 2 aliphatic heterocycles. The number of piperidine rings is 1. The van der Waals surface area contributed by atoms with E-state index in [2.05, 4.69) is 10.1 Å². The van der Waals surface area contributed by atoms with Gasteiger partial charge in [0, 0.05) is 30.1 Å². The maximum Gasteiger partial charge on any atom is 0.220 e. The molecule has 6 heteroatoms. The largest absolute Gasteiger partial charge is 0.497 e. The molecule has 0 N–H and O–H groups in total. The molecule has 5 nitrogen and oxygen atoms in total. The molecule has 0 radical (unpaired) electrons. The quantitative estimate of drug-likeness (QED) is 0.812. The summed E-state index contributed by atoms with van der Waals surface area (Å²) in [5.41, 5.74) is 1.63. The van der Waals surface area contributed by atoms with Gasteiger partial charge in [0.2, 0.25) is 5.60 Å². The van der Waals surface area contributed by atoms with Crippen LogP contribution in [-0.4, -0.2) is 49.2 Å². The molecule has 27 heavy (non-hydrogen) atoms. The van der Waals surface area contributed by atoms with Crippen LogP contribution < -0.4 is 4.74 Å². The predicted octanol–water partition coefficient (Wildman–Crippen LogP) is 3.51. The number of hydrogen-bond donors (Lipinski definition) is 0. The van der Waals surface area contributed by atoms with E-state index in [9.17, 15) is 4.79 Å². The fourth-order valence-electron chi connectivity index (χ4n) is 3.92. The van der Waals surface area contributed by atoms with Crippen molar-refractivity contribution in [1.82, 2.24) is 4.90 Å². The van der Waals surface area contributed by atoms with Crippen molar-refractivity contribution in [2.24, 2.45) is 5.16 Å². The Hall–Kier alpha value is -2.37. The Morgan fingerprint density at radius 1 is 1.19 bits per heavy atom. The molecule has 2 atom stereocenters. The zero-order chi connectivity index (χ0) is 19.0. The average Bonchev–Trinajstić information content (AvgIpc) is 3.05. The predicted molar refractivity (Wildman–Crippen MR) is 105 cm³/mol. The van der Waals surface area contributed by atoms with Crippen LogP contribution in [-0.2, 0) is 9.63 Å². The molecule has 1 saturated heterocycles. The first-order valence-electron chi connectivity index (χ1n) is 8.91. The highest BCUT2D eigenvalue weighted by Crippen LogP contribution is 2.44. The molecule has 0 aliphatic carbocycles. The molecule has 1 spiro atoms. The van der Waals surface area contributed by atoms with Gasteiger partial charge in [-0.2, -0.15) is 0 Å². The minimum atomic E-state index is -1.00. The number of carbonyl (C=O) groups excluding carboxylic acids is 1. The molecule has 2 aromatic carbocycles. The third kappa shape index (κ3) is 3.11. The number of methoxy groups -OCH3 is 1. The Morgan fingerprint density at radius 2 is 1.89 bits per heavy atom. The van der Waals surface area contributed by atoms with Crippen molar-refractivity contribution in [2.75, 3.05) is 27.2 Å². The number of likely N-dealkylation sites (tertiary alicyclic amines) is 1. The van der Waals surface area contributed by atoms with Gasteiger partial charge in [0.1, 0.15) is 5.75 Å². The van der Waals surface area contributed by atoms with Crippen LogP contribution >= 0.6 is 11.6 Å². The third-order valence-electron chi connectivity index (χ3n) is 5.33. The SMILES string of the molecule is COc1ccc([C@H]2C(c3ccc(Cl)cc3)=NO[C@@]23CN(C)CCC3=O)cc1. The average molecular weight is 385 g/mol. The first-order chi connectivity index (χ1) is 13.0. The summed E-state index contributed by atoms with van der Waals surface area (Å²) in [5.74, 6) is 0.567. The Bertz CT molecular complexity index is 879. The monoisotopic (exact) mass is 384 g/mol. The van der Waals surface area contributed by atoms with Gasteiger partial charge in [-0.3, -0.25) is 4.79 Å². The van der Waals surface area contributed by atoms with Gasteiger partial charge >= 0.3 is 0 Å². The molecular formula is C21H21ClN2O3. The minimum absolute atomic E-state index is 0.0918. The minimum Gasteiger partial charge on any atom is -0.497 e. The molecule has 4 rings (SSSR count). The van der Waals surface area contributed by atoms with Crippen molar-refractivity contribution < 1.29 is 14.4 Å². The van der Waals surface area contributed by atoms with Crippen molar-refractivity contribution in [3.63, 3.8) is 0 Å². The van der Waals surface area contributed by atoms with Gasteiger partial charge in [-0.1, -0.05) is 41.0 Å². The van der Waals surface area contributed by atoms with Crippen LogP contribution in [0.4, 0.5) is 0 Å². The summed E-state index contributed by atoms with van der Waals surface area (Å²) < 4.78 is 5.28. The molecule has 0 aromatic heterocycles. The summed E-state index contributed by atoms with van der Waals surface area (Å²) in [7, 11) is 3.64. The number of halogens is 1. The first kappa shape index (κ1) is 18.0. The molecule has 140 valence electrons. The van der Waals surface area contributed by atoms with Gasteiger partial charge in [0.05, 0.1) is 18.7 Å². The van der Waals surface area contributed by atoms with Crippen molar-refractivity contribution in [1.29, 1.82) is 0 Å². The number of nitrogens with zero attached hydrogens (tertiary/aromatic N) is 2. The van der Waals surface area contributed by atoms with Gasteiger partial charge in [0.15, 0.2) is 5.78 Å². The van der Waals surface area contributed by atoms with Crippen molar-refractivity contribution in [2.45, 2.75) is 17.9 Å². The normalized spacial score (nSPS) is 25.4. The van der Waals surface area contributed by atoms with Crippen LogP contribution in [0.1, 0.15) is 23.5 Å². The van der Waals surface area contributed by atoms with E-state index < -0.39 is 5.60 Å². The number of likely N-dealkylation sites (N-methyl/N-ethyl adjacent to an activating group) is 1. The molecule has 0 saturated carbocycles. The van der Waals surface area contributed by atoms with Crippen LogP contribution in [0, 0.1) is 0 Å². The van der Waals surface area contributed by atoms with Gasteiger partial charge in [-0.25, -0.2) is 0 Å². The smallest absolute Gasteiger partial charge is 0.220 e. The van der Waals surface area contributed by atoms with Crippen LogP contribution in [0.25, 0.3) is 0 Å². The second kappa shape index (κ2) is 6.98. The van der Waals surface area contributed by atoms with Gasteiger partial charge in [-0.15, -0.1) is 0 Å². The highest BCUT2D eigenvalue weighted by molar-refractivity contribution is 6.30. The number of rotatable bonds is 3. The summed E-state index contributed by atoms with van der Waals surface area (Å²) in [6, 6.07) is 15.2. The molecular weight excluding hydrogens is 364 g/mol. The van der Waals surface area contributed by atoms with E-state index >= 15 is 0 Å². The van der Waals surface area contributed by atoms with E-state index in [0.717, 1.165) is 29.1 Å². The van der Waals surface area contributed by atoms with E-state index in [0.29, 0.717) is 18.0 Å². The Kier molecular flexibility index (Phi) is 4.66. The Morgan fingerprint density at radius 3 is 2.56 bits per heavy atom. The lowest BCUT2D eigenvalue weighted by Gasteiger charge is -2.39. The molecule has 1 fully saturated rings. The Labute approximate surface area is 163 Å². The van der Waals surface area contributed by atoms with E-state index in [4.69, 9.17) is 21.2 Å². The maximum atomic E-state index is 13.0. The molecule has 2 heterocycles. The zero-order valence-corrected chi connectivity index (χ0v) is 16.1. The lowest BCUT2D eigenvalue weighted by molar-refractivity contribution is -0.150. The summed E-state index contributed by atoms with van der Waals surface area (Å²) in [5, 5.41) is 5.05. The van der Waals surface area contributed by atoms with Gasteiger partial charge < -0.3 is 14.5 Å². The summed E-state index contributed by atoms with van der Waals surface area (Å²) in [6.07, 6.45) is 0.451. The van der Waals surface area contributed by atoms with Crippen LogP contribution in [0.15, 0.2) is 53.7 Å². The number of oxime groups is 1. The molecule has 2 aromatic rings. The summed E-state index contributed by atoms with van der Waals surface area (Å²) >= 11 is 6.04. The van der Waals surface area contributed by atoms with Crippen LogP contribution in [0.5, 0.6) is 5.75 Å². The fraction of sp³-hybridized carbons (Fsp3) is 0.333. The number of ether oxygens (including phenoxy) is 1. The highest BCUT2D eigenvalue weighted by Gasteiger charge is 2.57. The van der Waals surface area contributed by atoms with Crippen molar-refractivity contribution >= 4 is 23.1 Å². The number of hydrogen-bond acceptors (Lipinski definition) is 5. The maximum absolute atomic E-state index is 13.0. The van der Waals surface area contributed by atoms with Gasteiger partial charge in [-0.05, 0) is 36.9 Å². The van der Waals surface area contributed by atoms with E-state index in [1.165, 1.54) is 0 Å². The second-order valence-electron chi connectivity index (χ2n) is 7.08. The molecule has 0 bridgehead atoms. The number of Topliss-reactive ketones (excluding diaryl/α,β-unsaturated/α-hetero) is 1. The van der Waals surface area contributed by atoms with Crippen LogP contribution in [0.2, 0.25) is 5.02 Å². The second-order valence-corrected chi connectivity index (χ2v) is 7.52. The van der Waals surface area contributed by atoms with E-state index in [1.54, 1.807) is 7.11 Å². The lowest BCUT2D eigenvalue weighted by atomic mass is 9.73. The molecule has 0 unspecified atom stereocenters. The third-order valence-corrected chi connectivity index (χ3v) is 5.59. The van der Waals surface area contributed by atoms with Crippen molar-refractivity contribution in [3.05, 3.63) is 64.7 Å². The van der Waals surface area contributed by atoms with E-state index in [1.807, 2.05) is 55.6 Å². The standard InChI is InChI=1S/C21H21ClN2O3/c1-24-12-11-18(25)21(13-24)19(14-5-9-17(26-2)10-6-14)20(23-27-21)15-3-7-16(22)8-4-15/h3-10,19H,11-13H2,1-2H3/t19-,21+/m0/s1. The fourth-order valence-corrected chi connectivity index (χ4v) is 4.05.